The molecule has 23 heavy (non-hydrogen) atoms. The quantitative estimate of drug-likeness (QED) is 0.466. The van der Waals surface area contributed by atoms with Crippen molar-refractivity contribution in [3.05, 3.63) is 12.7 Å². The van der Waals surface area contributed by atoms with Crippen molar-refractivity contribution in [1.29, 1.82) is 0 Å². The third-order valence-electron chi connectivity index (χ3n) is 4.04. The van der Waals surface area contributed by atoms with Gasteiger partial charge in [-0.25, -0.2) is 4.79 Å². The number of carbonyl (C=O) groups excluding carboxylic acids is 1. The van der Waals surface area contributed by atoms with Crippen LogP contribution in [0.4, 0.5) is 26.3 Å². The van der Waals surface area contributed by atoms with Gasteiger partial charge < -0.3 is 9.84 Å². The van der Waals surface area contributed by atoms with E-state index in [9.17, 15) is 36.2 Å². The Morgan fingerprint density at radius 2 is 1.61 bits per heavy atom. The van der Waals surface area contributed by atoms with Gasteiger partial charge in [0.1, 0.15) is 6.10 Å². The van der Waals surface area contributed by atoms with E-state index < -0.39 is 42.4 Å². The number of hydrogen-bond donors (Lipinski definition) is 1. The molecule has 1 aliphatic carbocycles. The smallest absolute Gasteiger partial charge is 0.426 e. The molecule has 0 heterocycles. The average molecular weight is 348 g/mol. The Morgan fingerprint density at radius 3 is 2.00 bits per heavy atom. The number of alkyl halides is 6. The lowest BCUT2D eigenvalue weighted by molar-refractivity contribution is -0.375. The predicted octanol–water partition coefficient (Wildman–Crippen LogP) is 3.91. The summed E-state index contributed by atoms with van der Waals surface area (Å²) in [5, 5.41) is 9.30. The first-order valence-electron chi connectivity index (χ1n) is 7.11. The first kappa shape index (κ1) is 19.8. The van der Waals surface area contributed by atoms with Crippen LogP contribution in [-0.2, 0) is 9.53 Å². The zero-order valence-corrected chi connectivity index (χ0v) is 12.2. The Kier molecular flexibility index (Phi) is 6.12. The molecule has 1 saturated carbocycles. The molecular weight excluding hydrogens is 330 g/mol. The summed E-state index contributed by atoms with van der Waals surface area (Å²) in [4.78, 5) is 11.3. The largest absolute Gasteiger partial charge is 0.459 e. The molecule has 1 rings (SSSR count). The summed E-state index contributed by atoms with van der Waals surface area (Å²) in [6.45, 7) is 3.07. The van der Waals surface area contributed by atoms with E-state index in [-0.39, 0.29) is 0 Å². The second-order valence-electron chi connectivity index (χ2n) is 5.64. The maximum absolute atomic E-state index is 12.8. The second kappa shape index (κ2) is 7.11. The monoisotopic (exact) mass is 348 g/mol. The summed E-state index contributed by atoms with van der Waals surface area (Å²) in [6, 6.07) is 0. The van der Waals surface area contributed by atoms with Crippen LogP contribution in [0.1, 0.15) is 38.5 Å². The molecule has 1 N–H and O–H groups in total. The topological polar surface area (TPSA) is 46.5 Å². The Balaban J connectivity index is 3.09. The molecule has 1 atom stereocenters. The molecule has 1 aliphatic rings. The van der Waals surface area contributed by atoms with Crippen molar-refractivity contribution in [2.24, 2.45) is 5.92 Å². The zero-order valence-electron chi connectivity index (χ0n) is 12.2. The van der Waals surface area contributed by atoms with E-state index in [1.54, 1.807) is 0 Å². The van der Waals surface area contributed by atoms with E-state index in [0.29, 0.717) is 31.8 Å². The predicted molar refractivity (Wildman–Crippen MR) is 68.3 cm³/mol. The number of ether oxygens (including phenoxy) is 1. The first-order valence-corrected chi connectivity index (χ1v) is 7.11. The number of esters is 1. The Bertz CT molecular complexity index is 409. The molecular formula is C14H18F6O3. The lowest BCUT2D eigenvalue weighted by Crippen LogP contribution is -2.59. The van der Waals surface area contributed by atoms with Gasteiger partial charge in [-0.3, -0.25) is 0 Å². The highest BCUT2D eigenvalue weighted by Crippen LogP contribution is 2.47. The summed E-state index contributed by atoms with van der Waals surface area (Å²) in [6.07, 6.45) is -12.0. The highest BCUT2D eigenvalue weighted by atomic mass is 19.4. The molecule has 134 valence electrons. The van der Waals surface area contributed by atoms with Crippen molar-refractivity contribution in [1.82, 2.24) is 0 Å². The Labute approximate surface area is 129 Å². The Hall–Kier alpha value is -1.25. The molecule has 0 aromatic heterocycles. The molecule has 0 aromatic carbocycles. The molecule has 0 saturated heterocycles. The average Bonchev–Trinajstić information content (AvgIpc) is 2.44. The highest BCUT2D eigenvalue weighted by Gasteiger charge is 2.71. The van der Waals surface area contributed by atoms with Crippen LogP contribution >= 0.6 is 0 Å². The second-order valence-corrected chi connectivity index (χ2v) is 5.64. The molecule has 0 bridgehead atoms. The van der Waals surface area contributed by atoms with Crippen LogP contribution in [0.25, 0.3) is 0 Å². The SMILES string of the molecule is C=CC(=O)OC(CC(O)(C(F)(F)F)C(F)(F)F)C1CCCCC1. The van der Waals surface area contributed by atoms with Crippen LogP contribution in [0.2, 0.25) is 0 Å². The van der Waals surface area contributed by atoms with Crippen molar-refractivity contribution >= 4 is 5.97 Å². The molecule has 0 radical (unpaired) electrons. The van der Waals surface area contributed by atoms with Crippen molar-refractivity contribution in [2.75, 3.05) is 0 Å². The minimum Gasteiger partial charge on any atom is -0.459 e. The summed E-state index contributed by atoms with van der Waals surface area (Å²) < 4.78 is 81.6. The van der Waals surface area contributed by atoms with Gasteiger partial charge in [-0.2, -0.15) is 26.3 Å². The molecule has 0 aromatic rings. The molecule has 1 unspecified atom stereocenters. The molecule has 0 aliphatic heterocycles. The maximum Gasteiger partial charge on any atom is 0.426 e. The van der Waals surface area contributed by atoms with Gasteiger partial charge in [-0.05, 0) is 18.8 Å². The molecule has 9 heteroatoms. The summed E-state index contributed by atoms with van der Waals surface area (Å²) in [7, 11) is 0. The minimum absolute atomic E-state index is 0.334. The zero-order chi connectivity index (χ0) is 17.9. The van der Waals surface area contributed by atoms with Gasteiger partial charge in [0.25, 0.3) is 5.60 Å². The van der Waals surface area contributed by atoms with Gasteiger partial charge in [0.2, 0.25) is 0 Å². The third kappa shape index (κ3) is 4.62. The van der Waals surface area contributed by atoms with Crippen LogP contribution in [0.3, 0.4) is 0 Å². The molecule has 1 fully saturated rings. The fourth-order valence-electron chi connectivity index (χ4n) is 2.69. The number of carbonyl (C=O) groups is 1. The van der Waals surface area contributed by atoms with Crippen molar-refractivity contribution in [2.45, 2.75) is 62.6 Å². The van der Waals surface area contributed by atoms with Crippen LogP contribution in [0.5, 0.6) is 0 Å². The van der Waals surface area contributed by atoms with Gasteiger partial charge in [0.15, 0.2) is 0 Å². The molecule has 3 nitrogen and oxygen atoms in total. The van der Waals surface area contributed by atoms with Gasteiger partial charge in [0.05, 0.1) is 0 Å². The van der Waals surface area contributed by atoms with Crippen molar-refractivity contribution in [3.63, 3.8) is 0 Å². The summed E-state index contributed by atoms with van der Waals surface area (Å²) in [5.41, 5.74) is -4.93. The summed E-state index contributed by atoms with van der Waals surface area (Å²) >= 11 is 0. The van der Waals surface area contributed by atoms with Gasteiger partial charge >= 0.3 is 18.3 Å². The maximum atomic E-state index is 12.8. The lowest BCUT2D eigenvalue weighted by atomic mass is 9.80. The first-order chi connectivity index (χ1) is 10.4. The Morgan fingerprint density at radius 1 is 1.13 bits per heavy atom. The summed E-state index contributed by atoms with van der Waals surface area (Å²) in [5.74, 6) is -1.78. The molecule has 0 spiro atoms. The van der Waals surface area contributed by atoms with Crippen LogP contribution in [0, 0.1) is 5.92 Å². The minimum atomic E-state index is -5.93. The fraction of sp³-hybridized carbons (Fsp3) is 0.786. The standard InChI is InChI=1S/C14H18F6O3/c1-2-11(21)23-10(9-6-4-3-5-7-9)8-12(22,13(15,16)17)14(18,19)20/h2,9-10,22H,1,3-8H2. The number of halogens is 6. The van der Waals surface area contributed by atoms with E-state index in [4.69, 9.17) is 4.74 Å². The highest BCUT2D eigenvalue weighted by molar-refractivity contribution is 5.81. The van der Waals surface area contributed by atoms with E-state index in [1.165, 1.54) is 0 Å². The third-order valence-corrected chi connectivity index (χ3v) is 4.04. The normalized spacial score (nSPS) is 19.3. The van der Waals surface area contributed by atoms with Gasteiger partial charge in [-0.15, -0.1) is 0 Å². The number of hydrogen-bond acceptors (Lipinski definition) is 3. The van der Waals surface area contributed by atoms with Crippen LogP contribution in [0.15, 0.2) is 12.7 Å². The lowest BCUT2D eigenvalue weighted by Gasteiger charge is -2.38. The van der Waals surface area contributed by atoms with Crippen LogP contribution < -0.4 is 0 Å². The van der Waals surface area contributed by atoms with Gasteiger partial charge in [-0.1, -0.05) is 25.8 Å². The van der Waals surface area contributed by atoms with E-state index in [2.05, 4.69) is 6.58 Å². The van der Waals surface area contributed by atoms with E-state index >= 15 is 0 Å². The van der Waals surface area contributed by atoms with E-state index in [1.807, 2.05) is 0 Å². The van der Waals surface area contributed by atoms with Crippen molar-refractivity contribution in [3.8, 4) is 0 Å². The fourth-order valence-corrected chi connectivity index (χ4v) is 2.69. The van der Waals surface area contributed by atoms with E-state index in [0.717, 1.165) is 6.42 Å². The van der Waals surface area contributed by atoms with Crippen molar-refractivity contribution < 1.29 is 41.0 Å². The van der Waals surface area contributed by atoms with Crippen LogP contribution in [-0.4, -0.2) is 35.1 Å². The van der Waals surface area contributed by atoms with Gasteiger partial charge in [0, 0.05) is 12.5 Å². The number of aliphatic hydroxyl groups is 1. The number of rotatable bonds is 5. The molecule has 0 amide bonds.